The van der Waals surface area contributed by atoms with Crippen molar-refractivity contribution >= 4 is 33.8 Å². The summed E-state index contributed by atoms with van der Waals surface area (Å²) in [6, 6.07) is 8.36. The molecule has 0 spiro atoms. The molecule has 2 heterocycles. The van der Waals surface area contributed by atoms with Gasteiger partial charge in [0.15, 0.2) is 0 Å². The lowest BCUT2D eigenvalue weighted by molar-refractivity contribution is -0.121. The van der Waals surface area contributed by atoms with Crippen molar-refractivity contribution in [3.63, 3.8) is 0 Å². The van der Waals surface area contributed by atoms with Crippen LogP contribution >= 0.6 is 0 Å². The molecule has 54 heavy (non-hydrogen) atoms. The maximum Gasteiger partial charge on any atom is 0.410 e. The number of anilines is 1. The van der Waals surface area contributed by atoms with Crippen LogP contribution in [-0.4, -0.2) is 102 Å². The Balaban J connectivity index is 1.72. The molecular formula is C38H48F3N5O7S. The van der Waals surface area contributed by atoms with Gasteiger partial charge in [-0.1, -0.05) is 24.3 Å². The Bertz CT molecular complexity index is 1870. The van der Waals surface area contributed by atoms with Gasteiger partial charge in [0.2, 0.25) is 15.9 Å². The maximum absolute atomic E-state index is 15.6. The number of carbonyl (C=O) groups excluding carboxylic acids is 3. The Labute approximate surface area is 314 Å². The molecule has 12 nitrogen and oxygen atoms in total. The first-order chi connectivity index (χ1) is 25.0. The lowest BCUT2D eigenvalue weighted by Crippen LogP contribution is -2.57. The van der Waals surface area contributed by atoms with E-state index in [1.54, 1.807) is 41.5 Å². The zero-order valence-corrected chi connectivity index (χ0v) is 32.5. The number of rotatable bonds is 10. The minimum absolute atomic E-state index is 0.0000203. The number of hydrogen-bond acceptors (Lipinski definition) is 8. The summed E-state index contributed by atoms with van der Waals surface area (Å²) in [5, 5.41) is 2.72. The number of likely N-dealkylation sites (N-methyl/N-ethyl adjacent to an activating group) is 1. The Morgan fingerprint density at radius 2 is 1.43 bits per heavy atom. The molecule has 0 bridgehead atoms. The van der Waals surface area contributed by atoms with Gasteiger partial charge in [-0.05, 0) is 89.8 Å². The van der Waals surface area contributed by atoms with E-state index in [9.17, 15) is 31.6 Å². The highest BCUT2D eigenvalue weighted by atomic mass is 32.2. The van der Waals surface area contributed by atoms with E-state index in [1.165, 1.54) is 71.0 Å². The monoisotopic (exact) mass is 775 g/mol. The second-order valence-corrected chi connectivity index (χ2v) is 17.2. The van der Waals surface area contributed by atoms with Gasteiger partial charge in [-0.25, -0.2) is 31.2 Å². The van der Waals surface area contributed by atoms with Gasteiger partial charge in [-0.15, -0.1) is 0 Å². The summed E-state index contributed by atoms with van der Waals surface area (Å²) in [7, 11) is -2.38. The molecule has 2 aromatic carbocycles. The summed E-state index contributed by atoms with van der Waals surface area (Å²) in [5.74, 6) is -3.69. The van der Waals surface area contributed by atoms with E-state index in [1.807, 2.05) is 0 Å². The molecule has 2 unspecified atom stereocenters. The number of hydrogen-bond donors (Lipinski definition) is 1. The smallest absolute Gasteiger partial charge is 0.410 e. The molecule has 0 aliphatic carbocycles. The molecule has 294 valence electrons. The Morgan fingerprint density at radius 1 is 0.889 bits per heavy atom. The first kappa shape index (κ1) is 42.0. The van der Waals surface area contributed by atoms with Gasteiger partial charge in [0.05, 0.1) is 24.3 Å². The van der Waals surface area contributed by atoms with Gasteiger partial charge in [0.1, 0.15) is 34.7 Å². The summed E-state index contributed by atoms with van der Waals surface area (Å²) in [6.45, 7) is 10.2. The van der Waals surface area contributed by atoms with Gasteiger partial charge < -0.3 is 19.7 Å². The van der Waals surface area contributed by atoms with Crippen molar-refractivity contribution in [2.24, 2.45) is 0 Å². The fourth-order valence-corrected chi connectivity index (χ4v) is 7.37. The SMILES string of the molecule is CN(C(=O)OC(C)(C)C)C(C(=O)Nc1cncc(F)c1CCC1CN(C(=O)OC(C)(C)C)CCN1S(C)(=O)=O)C(c1ccc(F)cc1)c1ccc(F)cc1. The van der Waals surface area contributed by atoms with Gasteiger partial charge in [-0.2, -0.15) is 4.31 Å². The first-order valence-electron chi connectivity index (χ1n) is 17.4. The van der Waals surface area contributed by atoms with Crippen LogP contribution in [0.2, 0.25) is 0 Å². The minimum Gasteiger partial charge on any atom is -0.444 e. The number of benzene rings is 2. The number of piperazine rings is 1. The second kappa shape index (κ2) is 16.8. The number of amides is 3. The van der Waals surface area contributed by atoms with Crippen LogP contribution in [0.15, 0.2) is 60.9 Å². The number of sulfonamides is 1. The predicted octanol–water partition coefficient (Wildman–Crippen LogP) is 6.32. The standard InChI is InChI=1S/C38H48F3N5O7S/c1-37(2,3)52-35(48)44(7)33(32(24-9-13-26(39)14-10-24)25-11-15-27(40)16-12-25)34(47)43-31-22-42-21-30(41)29(31)18-17-28-23-45(36(49)53-38(4,5)6)19-20-46(28)54(8,50)51/h9-16,21-22,28,32-33H,17-20,23H2,1-8H3,(H,43,47). The molecule has 1 N–H and O–H groups in total. The normalized spacial score (nSPS) is 16.1. The summed E-state index contributed by atoms with van der Waals surface area (Å²) in [4.78, 5) is 47.4. The van der Waals surface area contributed by atoms with Crippen LogP contribution < -0.4 is 5.32 Å². The van der Waals surface area contributed by atoms with Crippen molar-refractivity contribution in [1.29, 1.82) is 0 Å². The van der Waals surface area contributed by atoms with Crippen LogP contribution in [0.3, 0.4) is 0 Å². The Hall–Kier alpha value is -4.70. The van der Waals surface area contributed by atoms with Gasteiger partial charge in [0, 0.05) is 44.2 Å². The average molecular weight is 776 g/mol. The van der Waals surface area contributed by atoms with Crippen LogP contribution in [0, 0.1) is 17.5 Å². The molecule has 1 fully saturated rings. The summed E-state index contributed by atoms with van der Waals surface area (Å²) < 4.78 is 81.8. The highest BCUT2D eigenvalue weighted by Gasteiger charge is 2.40. The average Bonchev–Trinajstić information content (AvgIpc) is 3.05. The summed E-state index contributed by atoms with van der Waals surface area (Å²) >= 11 is 0. The van der Waals surface area contributed by atoms with Gasteiger partial charge in [0.25, 0.3) is 0 Å². The van der Waals surface area contributed by atoms with Crippen LogP contribution in [-0.2, 0) is 30.7 Å². The molecule has 16 heteroatoms. The molecule has 3 aromatic rings. The zero-order chi connectivity index (χ0) is 40.2. The van der Waals surface area contributed by atoms with Crippen molar-refractivity contribution in [3.05, 3.63) is 95.1 Å². The number of ether oxygens (including phenoxy) is 2. The first-order valence-corrected chi connectivity index (χ1v) is 19.2. The fraction of sp³-hybridized carbons (Fsp3) is 0.474. The van der Waals surface area contributed by atoms with Crippen molar-refractivity contribution in [2.45, 2.75) is 83.6 Å². The van der Waals surface area contributed by atoms with Crippen LogP contribution in [0.25, 0.3) is 0 Å². The summed E-state index contributed by atoms with van der Waals surface area (Å²) in [5.41, 5.74) is -0.973. The Kier molecular flexibility index (Phi) is 13.0. The Morgan fingerprint density at radius 3 is 1.93 bits per heavy atom. The topological polar surface area (TPSA) is 138 Å². The van der Waals surface area contributed by atoms with Gasteiger partial charge >= 0.3 is 12.2 Å². The number of nitrogens with zero attached hydrogens (tertiary/aromatic N) is 4. The lowest BCUT2D eigenvalue weighted by Gasteiger charge is -2.40. The van der Waals surface area contributed by atoms with E-state index < -0.39 is 74.8 Å². The number of pyridine rings is 1. The molecule has 2 atom stereocenters. The third-order valence-corrected chi connectivity index (χ3v) is 9.97. The lowest BCUT2D eigenvalue weighted by atomic mass is 9.83. The third kappa shape index (κ3) is 11.2. The molecule has 0 saturated carbocycles. The maximum atomic E-state index is 15.6. The van der Waals surface area contributed by atoms with E-state index in [0.717, 1.165) is 17.4 Å². The van der Waals surface area contributed by atoms with E-state index in [2.05, 4.69) is 10.3 Å². The predicted molar refractivity (Wildman–Crippen MR) is 197 cm³/mol. The number of nitrogens with one attached hydrogen (secondary N) is 1. The van der Waals surface area contributed by atoms with Crippen LogP contribution in [0.1, 0.15) is 70.6 Å². The van der Waals surface area contributed by atoms with Crippen LogP contribution in [0.5, 0.6) is 0 Å². The molecule has 1 aliphatic rings. The zero-order valence-electron chi connectivity index (χ0n) is 31.7. The van der Waals surface area contributed by atoms with E-state index in [0.29, 0.717) is 11.1 Å². The van der Waals surface area contributed by atoms with E-state index in [4.69, 9.17) is 9.47 Å². The fourth-order valence-electron chi connectivity index (χ4n) is 6.24. The van der Waals surface area contributed by atoms with Gasteiger partial charge in [-0.3, -0.25) is 14.7 Å². The minimum atomic E-state index is -3.73. The molecule has 3 amide bonds. The van der Waals surface area contributed by atoms with Crippen molar-refractivity contribution in [2.75, 3.05) is 38.3 Å². The van der Waals surface area contributed by atoms with Crippen molar-refractivity contribution < 1.29 is 45.4 Å². The molecule has 1 aliphatic heterocycles. The molecule has 1 saturated heterocycles. The molecular weight excluding hydrogens is 728 g/mol. The number of carbonyl (C=O) groups is 3. The van der Waals surface area contributed by atoms with E-state index in [-0.39, 0.29) is 43.7 Å². The molecule has 4 rings (SSSR count). The largest absolute Gasteiger partial charge is 0.444 e. The third-order valence-electron chi connectivity index (χ3n) is 8.64. The second-order valence-electron chi connectivity index (χ2n) is 15.2. The summed E-state index contributed by atoms with van der Waals surface area (Å²) in [6.07, 6.45) is 1.72. The highest BCUT2D eigenvalue weighted by molar-refractivity contribution is 7.88. The van der Waals surface area contributed by atoms with E-state index >= 15 is 4.39 Å². The number of halogens is 3. The van der Waals surface area contributed by atoms with Crippen molar-refractivity contribution in [1.82, 2.24) is 19.1 Å². The highest BCUT2D eigenvalue weighted by Crippen LogP contribution is 2.34. The van der Waals surface area contributed by atoms with Crippen LogP contribution in [0.4, 0.5) is 28.4 Å². The molecule has 0 radical (unpaired) electrons. The number of aromatic nitrogens is 1. The quantitative estimate of drug-likeness (QED) is 0.253. The molecule has 1 aromatic heterocycles. The van der Waals surface area contributed by atoms with Crippen molar-refractivity contribution in [3.8, 4) is 0 Å².